The fourth-order valence-electron chi connectivity index (χ4n) is 12.6. The number of nitro groups is 1. The number of aromatic nitrogens is 2. The molecular weight excluding hydrogens is 2150 g/mol. The van der Waals surface area contributed by atoms with Crippen LogP contribution in [0.4, 0.5) is 5.95 Å². The zero-order valence-electron chi connectivity index (χ0n) is 73.0. The van der Waals surface area contributed by atoms with Crippen molar-refractivity contribution in [1.29, 1.82) is 0 Å². The second-order valence-electron chi connectivity index (χ2n) is 34.1. The molecule has 12 fully saturated rings. The molecular formula is C77H153BrCl17LiN13O9P5Si2. The molecule has 1 heterocycles. The van der Waals surface area contributed by atoms with Crippen LogP contribution in [0.1, 0.15) is 221 Å². The Morgan fingerprint density at radius 2 is 0.664 bits per heavy atom. The summed E-state index contributed by atoms with van der Waals surface area (Å²) in [6.45, 7) is 12.4. The van der Waals surface area contributed by atoms with E-state index in [1.54, 1.807) is 16.4 Å². The summed E-state index contributed by atoms with van der Waals surface area (Å²) in [5, 5.41) is 19.5. The number of hydrogen-bond acceptors (Lipinski definition) is 11. The standard InChI is InChI=1S/C15H24Cl2N5O4P.2C10H18Cl3N2OP.3C6H11Cl.C6H18NSi2.2C5H9Cl3NOP.C3H7N.C2H5BrO.3CH4.Li/c1-19-14(10-18-15(19)22(23)24)11-26-27(25,20(8-6-16)12-2-3-12)21(9-7-17)13-4-5-13;2*11-5-7-14(9-1-2-9)17(13,16)15(8-6-12)10-3-4-10;3*7-5-1-2-6-3-4-6;1-8(2,3)7-9(4,5)6;2*6-3-4-9(5-1-2-5)11(7,8)10;4-3-1-2-3;3-1-2-4;;;;/h10,12-13H,2-9,11H2,1H3;2*9-10H,1-8H2;3*6H,1-5H2;1-6H3;2*5H,1-4H2;3H,1-2,4H2;4H,1-2H2;3*1H4;/q;;;;;;-1;;;;;;;;+1. The number of rotatable bonds is 48. The number of nitrogens with zero attached hydrogens (tertiary/aromatic N) is 12. The van der Waals surface area contributed by atoms with Crippen LogP contribution >= 0.6 is 244 Å². The van der Waals surface area contributed by atoms with Gasteiger partial charge in [0.1, 0.15) is 18.5 Å². The fraction of sp³-hybridized carbons (Fsp3) is 0.961. The van der Waals surface area contributed by atoms with E-state index in [2.05, 4.69) is 60.2 Å². The second-order valence-corrected chi connectivity index (χ2v) is 66.8. The summed E-state index contributed by atoms with van der Waals surface area (Å²) in [6, 6.07) is 2.98. The van der Waals surface area contributed by atoms with Crippen molar-refractivity contribution in [3.05, 3.63) is 26.7 Å². The smallest absolute Gasteiger partial charge is 0.668 e. The SMILES string of the molecule is C.C.C.C[Si](C)(C)[N-][Si](C)(C)C.ClCCCC1CC1.ClCCCC1CC1.ClCCCC1CC1.Cn1c(COP(=O)(N(CCCl)C2CC2)N(CCCl)C2CC2)cnc1[N+](=O)[O-].NC1CC1.O=P(Cl)(Cl)N(CCCl)C1CC1.O=P(Cl)(Cl)N(CCCl)C1CC1.O=P(Cl)(N(CCCl)C1CC1)N(CCCl)C1CC1.O=P(Cl)(N(CCCl)C1CC1)N(CCCl)C1CC1.OCCBr.[Li+]. The summed E-state index contributed by atoms with van der Waals surface area (Å²) in [4.78, 5) is 14.2. The molecule has 0 unspecified atom stereocenters. The monoisotopic (exact) mass is 2300 g/mol. The summed E-state index contributed by atoms with van der Waals surface area (Å²) < 4.78 is 89.0. The molecule has 0 aliphatic heterocycles. The molecule has 0 bridgehead atoms. The molecule has 125 heavy (non-hydrogen) atoms. The van der Waals surface area contributed by atoms with Gasteiger partial charge in [0.15, 0.2) is 0 Å². The van der Waals surface area contributed by atoms with Crippen LogP contribution in [0.5, 0.6) is 0 Å². The minimum Gasteiger partial charge on any atom is -0.668 e. The van der Waals surface area contributed by atoms with Crippen LogP contribution < -0.4 is 24.6 Å². The van der Waals surface area contributed by atoms with Crippen molar-refractivity contribution in [2.45, 2.75) is 315 Å². The van der Waals surface area contributed by atoms with Crippen molar-refractivity contribution in [2.24, 2.45) is 30.5 Å². The molecule has 22 nitrogen and oxygen atoms in total. The zero-order valence-corrected chi connectivity index (χ0v) is 93.9. The molecule has 13 rings (SSSR count). The van der Waals surface area contributed by atoms with E-state index in [0.29, 0.717) is 153 Å². The quantitative estimate of drug-likeness (QED) is 0.0203. The number of aliphatic hydroxyl groups excluding tert-OH is 1. The third kappa shape index (κ3) is 60.0. The molecule has 0 spiro atoms. The Hall–Kier alpha value is 5.72. The molecule has 1 aromatic rings. The molecule has 0 aromatic carbocycles. The van der Waals surface area contributed by atoms with E-state index in [0.717, 1.165) is 138 Å². The summed E-state index contributed by atoms with van der Waals surface area (Å²) in [5.74, 6) is 2.71. The van der Waals surface area contributed by atoms with Gasteiger partial charge in [0, 0.05) is 177 Å². The topological polar surface area (TPSA) is 242 Å². The van der Waals surface area contributed by atoms with Crippen molar-refractivity contribution in [3.63, 3.8) is 0 Å². The number of hydrogen-bond donors (Lipinski definition) is 2. The van der Waals surface area contributed by atoms with Gasteiger partial charge in [-0.1, -0.05) is 137 Å². The number of nitrogens with two attached hydrogens (primary N) is 1. The molecule has 3 N–H and O–H groups in total. The van der Waals surface area contributed by atoms with Crippen molar-refractivity contribution < 1.29 is 56.2 Å². The van der Waals surface area contributed by atoms with Crippen LogP contribution in [0.2, 0.25) is 39.3 Å². The van der Waals surface area contributed by atoms with Gasteiger partial charge in [0.05, 0.1) is 13.7 Å². The first kappa shape index (κ1) is 133. The molecule has 0 amide bonds. The second kappa shape index (κ2) is 69.6. The van der Waals surface area contributed by atoms with E-state index >= 15 is 0 Å². The van der Waals surface area contributed by atoms with E-state index in [1.807, 2.05) is 28.0 Å². The Morgan fingerprint density at radius 1 is 0.448 bits per heavy atom. The summed E-state index contributed by atoms with van der Waals surface area (Å²) in [6.07, 6.45) is 37.1. The van der Waals surface area contributed by atoms with Gasteiger partial charge >= 0.3 is 58.1 Å². The molecule has 0 radical (unpaired) electrons. The van der Waals surface area contributed by atoms with Crippen LogP contribution in [0, 0.1) is 27.9 Å². The normalized spacial score (nSPS) is 18.6. The number of alkyl halides is 12. The predicted molar refractivity (Wildman–Crippen MR) is 558 cm³/mol. The molecule has 12 aliphatic carbocycles. The molecule has 12 aliphatic rings. The Kier molecular flexibility index (Phi) is 73.9. The van der Waals surface area contributed by atoms with Crippen LogP contribution in [-0.4, -0.2) is 257 Å². The van der Waals surface area contributed by atoms with Crippen LogP contribution in [-0.2, 0) is 41.0 Å². The fourth-order valence-corrected chi connectivity index (χ4v) is 37.6. The van der Waals surface area contributed by atoms with E-state index < -0.39 is 54.7 Å². The maximum atomic E-state index is 14.1. The average molecular weight is 2310 g/mol. The van der Waals surface area contributed by atoms with Gasteiger partial charge in [0.25, 0.3) is 0 Å². The van der Waals surface area contributed by atoms with Gasteiger partial charge in [-0.25, -0.2) is 41.9 Å². The molecule has 0 saturated heterocycles. The Balaban J connectivity index is 0. The van der Waals surface area contributed by atoms with Crippen molar-refractivity contribution in [3.8, 4) is 0 Å². The Labute approximate surface area is 862 Å². The van der Waals surface area contributed by atoms with Gasteiger partial charge in [-0.3, -0.25) is 27.3 Å². The summed E-state index contributed by atoms with van der Waals surface area (Å²) in [5.41, 5.74) is 5.71. The Bertz CT molecular complexity index is 3000. The predicted octanol–water partition coefficient (Wildman–Crippen LogP) is 27.1. The van der Waals surface area contributed by atoms with E-state index in [1.165, 1.54) is 101 Å². The van der Waals surface area contributed by atoms with Gasteiger partial charge in [-0.05, 0) is 244 Å². The number of aliphatic hydroxyl groups is 1. The minimum atomic E-state index is -3.37. The van der Waals surface area contributed by atoms with Crippen molar-refractivity contribution >= 4 is 267 Å². The third-order valence-electron chi connectivity index (χ3n) is 20.1. The van der Waals surface area contributed by atoms with Gasteiger partial charge in [-0.2, -0.15) is 0 Å². The first-order chi connectivity index (χ1) is 57.1. The summed E-state index contributed by atoms with van der Waals surface area (Å²) >= 11 is 100. The number of halogens is 18. The van der Waals surface area contributed by atoms with Gasteiger partial charge in [-0.15, -0.1) is 128 Å². The van der Waals surface area contributed by atoms with E-state index in [9.17, 15) is 32.9 Å². The Morgan fingerprint density at radius 3 is 0.824 bits per heavy atom. The molecule has 740 valence electrons. The third-order valence-corrected chi connectivity index (χ3v) is 42.3. The van der Waals surface area contributed by atoms with Crippen molar-refractivity contribution in [1.82, 2.24) is 46.9 Å². The first-order valence-electron chi connectivity index (χ1n) is 43.0. The van der Waals surface area contributed by atoms with E-state index in [4.69, 9.17) is 215 Å². The van der Waals surface area contributed by atoms with Crippen LogP contribution in [0.15, 0.2) is 6.20 Å². The summed E-state index contributed by atoms with van der Waals surface area (Å²) in [7, 11) is -4.04. The number of imidazole rings is 1. The molecule has 1 aromatic heterocycles. The minimum absolute atomic E-state index is 0. The maximum Gasteiger partial charge on any atom is 1.00 e. The van der Waals surface area contributed by atoms with E-state index in [-0.39, 0.29) is 72.4 Å². The molecule has 0 atom stereocenters. The first-order valence-corrected chi connectivity index (χ1v) is 70.4. The zero-order chi connectivity index (χ0) is 91.0. The maximum absolute atomic E-state index is 14.1. The average Bonchev–Trinajstić information content (AvgIpc) is 1.50. The molecule has 12 saturated carbocycles. The largest absolute Gasteiger partial charge is 1.00 e. The molecule has 48 heteroatoms. The van der Waals surface area contributed by atoms with Crippen LogP contribution in [0.25, 0.3) is 4.65 Å². The van der Waals surface area contributed by atoms with Crippen LogP contribution in [0.3, 0.4) is 0 Å². The van der Waals surface area contributed by atoms with Crippen molar-refractivity contribution in [2.75, 3.05) is 129 Å². The van der Waals surface area contributed by atoms with Gasteiger partial charge < -0.3 is 25.6 Å². The van der Waals surface area contributed by atoms with Gasteiger partial charge in [0.2, 0.25) is 0 Å².